The molecule has 0 saturated heterocycles. The Morgan fingerprint density at radius 2 is 2.40 bits per heavy atom. The summed E-state index contributed by atoms with van der Waals surface area (Å²) in [6.45, 7) is 4.31. The molecule has 0 spiro atoms. The van der Waals surface area contributed by atoms with Crippen molar-refractivity contribution < 1.29 is 4.79 Å². The minimum absolute atomic E-state index is 0.0344. The zero-order chi connectivity index (χ0) is 11.3. The van der Waals surface area contributed by atoms with Gasteiger partial charge in [0.15, 0.2) is 0 Å². The fourth-order valence-corrected chi connectivity index (χ4v) is 1.18. The van der Waals surface area contributed by atoms with Gasteiger partial charge in [-0.3, -0.25) is 4.79 Å². The first-order chi connectivity index (χ1) is 7.13. The number of anilines is 2. The first-order valence-corrected chi connectivity index (χ1v) is 4.89. The number of nitrogens with zero attached hydrogens (tertiary/aromatic N) is 1. The van der Waals surface area contributed by atoms with Gasteiger partial charge in [0.1, 0.15) is 11.9 Å². The zero-order valence-corrected chi connectivity index (χ0v) is 8.95. The van der Waals surface area contributed by atoms with Crippen molar-refractivity contribution in [1.82, 2.24) is 10.3 Å². The van der Waals surface area contributed by atoms with Gasteiger partial charge in [-0.25, -0.2) is 4.98 Å². The maximum Gasteiger partial charge on any atom is 0.242 e. The molecule has 0 aliphatic carbocycles. The number of rotatable bonds is 4. The number of nitrogen functional groups attached to an aromatic ring is 1. The molecule has 4 N–H and O–H groups in total. The van der Waals surface area contributed by atoms with Gasteiger partial charge < -0.3 is 16.4 Å². The summed E-state index contributed by atoms with van der Waals surface area (Å²) in [5, 5.41) is 5.77. The lowest BCUT2D eigenvalue weighted by atomic mass is 10.3. The van der Waals surface area contributed by atoms with Crippen LogP contribution in [0.25, 0.3) is 0 Å². The molecule has 1 aromatic heterocycles. The molecule has 1 aromatic rings. The van der Waals surface area contributed by atoms with Crippen molar-refractivity contribution in [3.05, 3.63) is 18.3 Å². The Labute approximate surface area is 89.1 Å². The van der Waals surface area contributed by atoms with Gasteiger partial charge in [0.25, 0.3) is 0 Å². The van der Waals surface area contributed by atoms with Crippen LogP contribution < -0.4 is 16.4 Å². The van der Waals surface area contributed by atoms with Crippen molar-refractivity contribution in [3.63, 3.8) is 0 Å². The lowest BCUT2D eigenvalue weighted by Gasteiger charge is -2.14. The molecule has 82 valence electrons. The summed E-state index contributed by atoms with van der Waals surface area (Å²) < 4.78 is 0. The topological polar surface area (TPSA) is 80.0 Å². The number of hydrogen-bond donors (Lipinski definition) is 3. The van der Waals surface area contributed by atoms with Crippen molar-refractivity contribution in [1.29, 1.82) is 0 Å². The van der Waals surface area contributed by atoms with Crippen LogP contribution in [0.4, 0.5) is 11.5 Å². The van der Waals surface area contributed by atoms with E-state index < -0.39 is 0 Å². The third-order valence-electron chi connectivity index (χ3n) is 1.91. The van der Waals surface area contributed by atoms with Crippen LogP contribution in [-0.4, -0.2) is 23.5 Å². The van der Waals surface area contributed by atoms with E-state index >= 15 is 0 Å². The van der Waals surface area contributed by atoms with E-state index in [1.807, 2.05) is 6.92 Å². The van der Waals surface area contributed by atoms with Crippen LogP contribution in [0.15, 0.2) is 18.3 Å². The predicted molar refractivity (Wildman–Crippen MR) is 60.4 cm³/mol. The number of nitrogens with one attached hydrogen (secondary N) is 2. The quantitative estimate of drug-likeness (QED) is 0.677. The second kappa shape index (κ2) is 5.19. The van der Waals surface area contributed by atoms with E-state index in [1.54, 1.807) is 25.3 Å². The van der Waals surface area contributed by atoms with E-state index in [1.165, 1.54) is 0 Å². The molecule has 0 fully saturated rings. The molecule has 1 rings (SSSR count). The molecule has 1 unspecified atom stereocenters. The predicted octanol–water partition coefficient (Wildman–Crippen LogP) is 0.600. The Balaban J connectivity index is 2.58. The fourth-order valence-electron chi connectivity index (χ4n) is 1.18. The molecule has 0 aliphatic heterocycles. The smallest absolute Gasteiger partial charge is 0.242 e. The van der Waals surface area contributed by atoms with Crippen molar-refractivity contribution in [2.45, 2.75) is 19.9 Å². The van der Waals surface area contributed by atoms with Crippen LogP contribution >= 0.6 is 0 Å². The summed E-state index contributed by atoms with van der Waals surface area (Å²) in [6.07, 6.45) is 1.60. The number of amides is 1. The van der Waals surface area contributed by atoms with Crippen molar-refractivity contribution >= 4 is 17.4 Å². The molecular formula is C10H16N4O. The Morgan fingerprint density at radius 1 is 1.67 bits per heavy atom. The van der Waals surface area contributed by atoms with Gasteiger partial charge in [-0.05, 0) is 19.9 Å². The van der Waals surface area contributed by atoms with Gasteiger partial charge in [-0.2, -0.15) is 0 Å². The Morgan fingerprint density at radius 3 is 3.00 bits per heavy atom. The molecule has 1 atom stereocenters. The summed E-state index contributed by atoms with van der Waals surface area (Å²) in [6, 6.07) is 3.17. The summed E-state index contributed by atoms with van der Waals surface area (Å²) >= 11 is 0. The highest BCUT2D eigenvalue weighted by molar-refractivity contribution is 5.84. The van der Waals surface area contributed by atoms with Crippen LogP contribution in [0.3, 0.4) is 0 Å². The van der Waals surface area contributed by atoms with E-state index in [0.717, 1.165) is 5.69 Å². The highest BCUT2D eigenvalue weighted by Crippen LogP contribution is 2.10. The minimum atomic E-state index is -0.285. The van der Waals surface area contributed by atoms with E-state index in [-0.39, 0.29) is 11.9 Å². The maximum atomic E-state index is 11.4. The lowest BCUT2D eigenvalue weighted by Crippen LogP contribution is -2.37. The molecule has 15 heavy (non-hydrogen) atoms. The van der Waals surface area contributed by atoms with Gasteiger partial charge in [-0.1, -0.05) is 0 Å². The summed E-state index contributed by atoms with van der Waals surface area (Å²) in [4.78, 5) is 15.3. The van der Waals surface area contributed by atoms with Gasteiger partial charge in [-0.15, -0.1) is 0 Å². The SMILES string of the molecule is CCNC(=O)C(C)Nc1ccnc(N)c1. The molecule has 0 aromatic carbocycles. The van der Waals surface area contributed by atoms with Crippen molar-refractivity contribution in [2.24, 2.45) is 0 Å². The molecule has 0 radical (unpaired) electrons. The second-order valence-corrected chi connectivity index (χ2v) is 3.23. The molecule has 0 aliphatic rings. The number of aromatic nitrogens is 1. The van der Waals surface area contributed by atoms with Crippen LogP contribution in [0.1, 0.15) is 13.8 Å². The summed E-state index contributed by atoms with van der Waals surface area (Å²) in [5.41, 5.74) is 6.31. The van der Waals surface area contributed by atoms with Gasteiger partial charge in [0, 0.05) is 24.5 Å². The number of hydrogen-bond acceptors (Lipinski definition) is 4. The first-order valence-electron chi connectivity index (χ1n) is 4.89. The van der Waals surface area contributed by atoms with Crippen molar-refractivity contribution in [3.8, 4) is 0 Å². The average molecular weight is 208 g/mol. The zero-order valence-electron chi connectivity index (χ0n) is 8.95. The third-order valence-corrected chi connectivity index (χ3v) is 1.91. The van der Waals surface area contributed by atoms with E-state index in [4.69, 9.17) is 5.73 Å². The van der Waals surface area contributed by atoms with Gasteiger partial charge in [0.2, 0.25) is 5.91 Å². The molecule has 5 nitrogen and oxygen atoms in total. The Hall–Kier alpha value is -1.78. The van der Waals surface area contributed by atoms with E-state index in [9.17, 15) is 4.79 Å². The third kappa shape index (κ3) is 3.46. The monoisotopic (exact) mass is 208 g/mol. The second-order valence-electron chi connectivity index (χ2n) is 3.23. The number of pyridine rings is 1. The molecule has 0 bridgehead atoms. The Bertz CT molecular complexity index is 340. The Kier molecular flexibility index (Phi) is 3.91. The molecule has 1 heterocycles. The fraction of sp³-hybridized carbons (Fsp3) is 0.400. The van der Waals surface area contributed by atoms with E-state index in [0.29, 0.717) is 12.4 Å². The van der Waals surface area contributed by atoms with Crippen LogP contribution in [0.5, 0.6) is 0 Å². The number of carbonyl (C=O) groups excluding carboxylic acids is 1. The molecule has 0 saturated carbocycles. The highest BCUT2D eigenvalue weighted by atomic mass is 16.2. The largest absolute Gasteiger partial charge is 0.384 e. The summed E-state index contributed by atoms with van der Waals surface area (Å²) in [5.74, 6) is 0.399. The van der Waals surface area contributed by atoms with E-state index in [2.05, 4.69) is 15.6 Å². The number of nitrogens with two attached hydrogens (primary N) is 1. The van der Waals surface area contributed by atoms with Gasteiger partial charge in [0.05, 0.1) is 0 Å². The standard InChI is InChI=1S/C10H16N4O/c1-3-12-10(15)7(2)14-8-4-5-13-9(11)6-8/h4-7H,3H2,1-2H3,(H,12,15)(H3,11,13,14). The van der Waals surface area contributed by atoms with Gasteiger partial charge >= 0.3 is 0 Å². The molecule has 1 amide bonds. The molecular weight excluding hydrogens is 192 g/mol. The minimum Gasteiger partial charge on any atom is -0.384 e. The summed E-state index contributed by atoms with van der Waals surface area (Å²) in [7, 11) is 0. The van der Waals surface area contributed by atoms with Crippen LogP contribution in [0.2, 0.25) is 0 Å². The number of likely N-dealkylation sites (N-methyl/N-ethyl adjacent to an activating group) is 1. The average Bonchev–Trinajstić information content (AvgIpc) is 2.18. The van der Waals surface area contributed by atoms with Crippen LogP contribution in [-0.2, 0) is 4.79 Å². The van der Waals surface area contributed by atoms with Crippen LogP contribution in [0, 0.1) is 0 Å². The maximum absolute atomic E-state index is 11.4. The van der Waals surface area contributed by atoms with Crippen molar-refractivity contribution in [2.75, 3.05) is 17.6 Å². The first kappa shape index (κ1) is 11.3. The highest BCUT2D eigenvalue weighted by Gasteiger charge is 2.10. The lowest BCUT2D eigenvalue weighted by molar-refractivity contribution is -0.121. The number of carbonyl (C=O) groups is 1. The molecule has 5 heteroatoms. The normalized spacial score (nSPS) is 11.9.